The van der Waals surface area contributed by atoms with Crippen LogP contribution in [0.3, 0.4) is 0 Å². The topological polar surface area (TPSA) is 38.3 Å². The molecule has 1 saturated heterocycles. The van der Waals surface area contributed by atoms with E-state index in [1.807, 2.05) is 0 Å². The van der Waals surface area contributed by atoms with Crippen molar-refractivity contribution in [2.75, 3.05) is 13.7 Å². The Hall–Kier alpha value is -1.49. The quantitative estimate of drug-likeness (QED) is 0.839. The standard InChI is InChI=1S/C13H15F2NO2/c1-18-13-7-10(14)9(6-11(13)15)12(17)5-8-3-2-4-16-8/h6-8,16H,2-5H2,1H3. The summed E-state index contributed by atoms with van der Waals surface area (Å²) in [6.07, 6.45) is 2.10. The van der Waals surface area contributed by atoms with Crippen LogP contribution in [0.2, 0.25) is 0 Å². The highest BCUT2D eigenvalue weighted by Gasteiger charge is 2.22. The fraction of sp³-hybridized carbons (Fsp3) is 0.462. The van der Waals surface area contributed by atoms with Crippen LogP contribution in [0.5, 0.6) is 5.75 Å². The van der Waals surface area contributed by atoms with Crippen LogP contribution in [0.1, 0.15) is 29.6 Å². The smallest absolute Gasteiger partial charge is 0.167 e. The maximum absolute atomic E-state index is 13.7. The van der Waals surface area contributed by atoms with E-state index in [1.165, 1.54) is 7.11 Å². The van der Waals surface area contributed by atoms with E-state index in [-0.39, 0.29) is 29.6 Å². The lowest BCUT2D eigenvalue weighted by molar-refractivity contribution is 0.0967. The molecule has 0 radical (unpaired) electrons. The number of halogens is 2. The van der Waals surface area contributed by atoms with Gasteiger partial charge in [0.25, 0.3) is 0 Å². The molecule has 1 atom stereocenters. The average molecular weight is 255 g/mol. The number of ketones is 1. The molecule has 0 aromatic heterocycles. The molecular formula is C13H15F2NO2. The molecule has 3 nitrogen and oxygen atoms in total. The second kappa shape index (κ2) is 5.44. The third-order valence-electron chi connectivity index (χ3n) is 3.14. The number of hydrogen-bond acceptors (Lipinski definition) is 3. The van der Waals surface area contributed by atoms with Crippen LogP contribution in [0.4, 0.5) is 8.78 Å². The van der Waals surface area contributed by atoms with E-state index in [0.717, 1.165) is 31.5 Å². The van der Waals surface area contributed by atoms with Crippen LogP contribution in [0.15, 0.2) is 12.1 Å². The van der Waals surface area contributed by atoms with Crippen molar-refractivity contribution >= 4 is 5.78 Å². The van der Waals surface area contributed by atoms with Gasteiger partial charge in [-0.3, -0.25) is 4.79 Å². The molecule has 0 spiro atoms. The van der Waals surface area contributed by atoms with Crippen LogP contribution in [-0.4, -0.2) is 25.5 Å². The number of hydrogen-bond donors (Lipinski definition) is 1. The number of methoxy groups -OCH3 is 1. The van der Waals surface area contributed by atoms with Crippen LogP contribution in [-0.2, 0) is 0 Å². The van der Waals surface area contributed by atoms with Gasteiger partial charge in [0.2, 0.25) is 0 Å². The molecule has 1 aromatic rings. The number of rotatable bonds is 4. The van der Waals surface area contributed by atoms with Crippen molar-refractivity contribution in [3.63, 3.8) is 0 Å². The Morgan fingerprint density at radius 3 is 2.83 bits per heavy atom. The highest BCUT2D eigenvalue weighted by molar-refractivity contribution is 5.96. The van der Waals surface area contributed by atoms with Gasteiger partial charge in [-0.15, -0.1) is 0 Å². The molecule has 1 aliphatic heterocycles. The van der Waals surface area contributed by atoms with Crippen molar-refractivity contribution in [1.29, 1.82) is 0 Å². The molecule has 2 rings (SSSR count). The molecule has 1 heterocycles. The second-order valence-corrected chi connectivity index (χ2v) is 4.39. The van der Waals surface area contributed by atoms with Crippen molar-refractivity contribution in [3.8, 4) is 5.75 Å². The van der Waals surface area contributed by atoms with Gasteiger partial charge in [-0.1, -0.05) is 0 Å². The summed E-state index contributed by atoms with van der Waals surface area (Å²) in [6.45, 7) is 0.872. The Kier molecular flexibility index (Phi) is 3.91. The van der Waals surface area contributed by atoms with E-state index in [1.54, 1.807) is 0 Å². The molecule has 1 unspecified atom stereocenters. The normalized spacial score (nSPS) is 18.9. The van der Waals surface area contributed by atoms with Gasteiger partial charge in [0.15, 0.2) is 17.3 Å². The second-order valence-electron chi connectivity index (χ2n) is 4.39. The predicted molar refractivity (Wildman–Crippen MR) is 62.9 cm³/mol. The van der Waals surface area contributed by atoms with Crippen LogP contribution in [0, 0.1) is 11.6 Å². The van der Waals surface area contributed by atoms with E-state index in [0.29, 0.717) is 0 Å². The fourth-order valence-electron chi connectivity index (χ4n) is 2.16. The zero-order chi connectivity index (χ0) is 13.1. The number of Topliss-reactive ketones (excluding diaryl/α,β-unsaturated/α-hetero) is 1. The van der Waals surface area contributed by atoms with E-state index >= 15 is 0 Å². The molecule has 1 aliphatic rings. The highest BCUT2D eigenvalue weighted by Crippen LogP contribution is 2.23. The fourth-order valence-corrected chi connectivity index (χ4v) is 2.16. The van der Waals surface area contributed by atoms with Gasteiger partial charge in [0, 0.05) is 18.5 Å². The van der Waals surface area contributed by atoms with E-state index < -0.39 is 11.6 Å². The lowest BCUT2D eigenvalue weighted by Gasteiger charge is -2.10. The molecule has 1 aromatic carbocycles. The minimum Gasteiger partial charge on any atom is -0.494 e. The maximum Gasteiger partial charge on any atom is 0.167 e. The molecular weight excluding hydrogens is 240 g/mol. The molecule has 1 fully saturated rings. The van der Waals surface area contributed by atoms with E-state index in [2.05, 4.69) is 10.1 Å². The number of nitrogens with one attached hydrogen (secondary N) is 1. The molecule has 0 aliphatic carbocycles. The molecule has 1 N–H and O–H groups in total. The Morgan fingerprint density at radius 1 is 1.44 bits per heavy atom. The summed E-state index contributed by atoms with van der Waals surface area (Å²) in [4.78, 5) is 11.9. The zero-order valence-corrected chi connectivity index (χ0v) is 10.1. The first kappa shape index (κ1) is 13.0. The van der Waals surface area contributed by atoms with Gasteiger partial charge in [0.05, 0.1) is 12.7 Å². The molecule has 0 amide bonds. The third kappa shape index (κ3) is 2.67. The summed E-state index contributed by atoms with van der Waals surface area (Å²) in [7, 11) is 1.25. The van der Waals surface area contributed by atoms with Crippen molar-refractivity contribution < 1.29 is 18.3 Å². The Labute approximate surface area is 104 Å². The minimum atomic E-state index is -0.740. The highest BCUT2D eigenvalue weighted by atomic mass is 19.1. The van der Waals surface area contributed by atoms with Crippen molar-refractivity contribution in [1.82, 2.24) is 5.32 Å². The zero-order valence-electron chi connectivity index (χ0n) is 10.1. The van der Waals surface area contributed by atoms with Gasteiger partial charge in [-0.25, -0.2) is 8.78 Å². The first-order chi connectivity index (χ1) is 8.61. The van der Waals surface area contributed by atoms with E-state index in [9.17, 15) is 13.6 Å². The average Bonchev–Trinajstić information content (AvgIpc) is 2.84. The number of benzene rings is 1. The largest absolute Gasteiger partial charge is 0.494 e. The van der Waals surface area contributed by atoms with Gasteiger partial charge < -0.3 is 10.1 Å². The minimum absolute atomic E-state index is 0.0714. The van der Waals surface area contributed by atoms with E-state index in [4.69, 9.17) is 0 Å². The van der Waals surface area contributed by atoms with Gasteiger partial charge in [-0.2, -0.15) is 0 Å². The molecule has 5 heteroatoms. The van der Waals surface area contributed by atoms with Gasteiger partial charge in [0.1, 0.15) is 5.82 Å². The third-order valence-corrected chi connectivity index (χ3v) is 3.14. The summed E-state index contributed by atoms with van der Waals surface area (Å²) in [5, 5.41) is 3.15. The lowest BCUT2D eigenvalue weighted by Crippen LogP contribution is -2.25. The van der Waals surface area contributed by atoms with Crippen LogP contribution in [0.25, 0.3) is 0 Å². The van der Waals surface area contributed by atoms with Crippen molar-refractivity contribution in [2.45, 2.75) is 25.3 Å². The first-order valence-corrected chi connectivity index (χ1v) is 5.91. The number of carbonyl (C=O) groups is 1. The molecule has 18 heavy (non-hydrogen) atoms. The molecule has 0 bridgehead atoms. The Morgan fingerprint density at radius 2 is 2.22 bits per heavy atom. The van der Waals surface area contributed by atoms with Crippen LogP contribution >= 0.6 is 0 Å². The van der Waals surface area contributed by atoms with Gasteiger partial charge in [-0.05, 0) is 25.5 Å². The summed E-state index contributed by atoms with van der Waals surface area (Å²) in [5.74, 6) is -2.03. The summed E-state index contributed by atoms with van der Waals surface area (Å²) in [6, 6.07) is 1.89. The summed E-state index contributed by atoms with van der Waals surface area (Å²) >= 11 is 0. The SMILES string of the molecule is COc1cc(F)c(C(=O)CC2CCCN2)cc1F. The Balaban J connectivity index is 2.16. The van der Waals surface area contributed by atoms with Gasteiger partial charge >= 0.3 is 0 Å². The molecule has 98 valence electrons. The van der Waals surface area contributed by atoms with Crippen molar-refractivity contribution in [2.24, 2.45) is 0 Å². The maximum atomic E-state index is 13.7. The Bertz CT molecular complexity index is 457. The predicted octanol–water partition coefficient (Wildman–Crippen LogP) is 2.30. The number of carbonyl (C=O) groups excluding carboxylic acids is 1. The van der Waals surface area contributed by atoms with Crippen molar-refractivity contribution in [3.05, 3.63) is 29.3 Å². The molecule has 0 saturated carbocycles. The van der Waals surface area contributed by atoms with Crippen LogP contribution < -0.4 is 10.1 Å². The summed E-state index contributed by atoms with van der Waals surface area (Å²) < 4.78 is 31.8. The first-order valence-electron chi connectivity index (χ1n) is 5.91. The lowest BCUT2D eigenvalue weighted by atomic mass is 10.0. The summed E-state index contributed by atoms with van der Waals surface area (Å²) in [5.41, 5.74) is -0.206. The monoisotopic (exact) mass is 255 g/mol. The number of ether oxygens (including phenoxy) is 1.